The molecule has 0 bridgehead atoms. The minimum atomic E-state index is -0.440. The standard InChI is InChI=1S/C26H22FNO2/c1-15-12-17(3)25-21(13-15)22(14-23(28-25)19-8-10-20(27)11-9-19)26(29)30-24-7-5-6-16(2)18(24)4/h5-14H,1-4H3. The van der Waals surface area contributed by atoms with E-state index in [1.807, 2.05) is 52.0 Å². The van der Waals surface area contributed by atoms with Crippen LogP contribution in [0.1, 0.15) is 32.6 Å². The second-order valence-corrected chi connectivity index (χ2v) is 7.63. The van der Waals surface area contributed by atoms with Crippen molar-refractivity contribution >= 4 is 16.9 Å². The average Bonchev–Trinajstić information content (AvgIpc) is 2.71. The van der Waals surface area contributed by atoms with Crippen molar-refractivity contribution in [3.05, 3.63) is 94.3 Å². The highest BCUT2D eigenvalue weighted by Crippen LogP contribution is 2.30. The third-order valence-corrected chi connectivity index (χ3v) is 5.37. The number of carbonyl (C=O) groups is 1. The van der Waals surface area contributed by atoms with Crippen LogP contribution in [0.3, 0.4) is 0 Å². The van der Waals surface area contributed by atoms with Gasteiger partial charge in [0.25, 0.3) is 0 Å². The van der Waals surface area contributed by atoms with E-state index < -0.39 is 5.97 Å². The molecule has 30 heavy (non-hydrogen) atoms. The summed E-state index contributed by atoms with van der Waals surface area (Å²) in [5.74, 6) is -0.219. The van der Waals surface area contributed by atoms with Crippen LogP contribution in [-0.2, 0) is 0 Å². The van der Waals surface area contributed by atoms with Crippen molar-refractivity contribution in [3.63, 3.8) is 0 Å². The van der Waals surface area contributed by atoms with Crippen LogP contribution < -0.4 is 4.74 Å². The van der Waals surface area contributed by atoms with Crippen molar-refractivity contribution in [3.8, 4) is 17.0 Å². The molecule has 150 valence electrons. The monoisotopic (exact) mass is 399 g/mol. The van der Waals surface area contributed by atoms with Crippen molar-refractivity contribution < 1.29 is 13.9 Å². The maximum absolute atomic E-state index is 13.4. The molecule has 0 aliphatic rings. The fraction of sp³-hybridized carbons (Fsp3) is 0.154. The molecular weight excluding hydrogens is 377 g/mol. The number of aryl methyl sites for hydroxylation is 3. The molecule has 4 rings (SSSR count). The lowest BCUT2D eigenvalue weighted by molar-refractivity contribution is 0.0735. The highest BCUT2D eigenvalue weighted by atomic mass is 19.1. The number of carbonyl (C=O) groups excluding carboxylic acids is 1. The number of aromatic nitrogens is 1. The predicted octanol–water partition coefficient (Wildman–Crippen LogP) is 6.49. The Morgan fingerprint density at radius 2 is 1.63 bits per heavy atom. The van der Waals surface area contributed by atoms with E-state index in [9.17, 15) is 9.18 Å². The molecule has 0 aliphatic heterocycles. The Labute approximate surface area is 175 Å². The average molecular weight is 399 g/mol. The first-order chi connectivity index (χ1) is 14.3. The summed E-state index contributed by atoms with van der Waals surface area (Å²) in [4.78, 5) is 18.0. The minimum Gasteiger partial charge on any atom is -0.423 e. The summed E-state index contributed by atoms with van der Waals surface area (Å²) in [5, 5.41) is 0.744. The number of esters is 1. The lowest BCUT2D eigenvalue weighted by Crippen LogP contribution is -2.11. The summed E-state index contributed by atoms with van der Waals surface area (Å²) >= 11 is 0. The van der Waals surface area contributed by atoms with Crippen LogP contribution in [0.4, 0.5) is 4.39 Å². The lowest BCUT2D eigenvalue weighted by atomic mass is 9.99. The molecule has 0 N–H and O–H groups in total. The second kappa shape index (κ2) is 7.71. The van der Waals surface area contributed by atoms with Crippen molar-refractivity contribution in [2.45, 2.75) is 27.7 Å². The van der Waals surface area contributed by atoms with Gasteiger partial charge in [0.15, 0.2) is 0 Å². The molecule has 4 aromatic rings. The van der Waals surface area contributed by atoms with Crippen LogP contribution in [0, 0.1) is 33.5 Å². The Morgan fingerprint density at radius 1 is 0.900 bits per heavy atom. The van der Waals surface area contributed by atoms with E-state index in [0.29, 0.717) is 17.0 Å². The van der Waals surface area contributed by atoms with Gasteiger partial charge in [-0.25, -0.2) is 14.2 Å². The third kappa shape index (κ3) is 3.69. The van der Waals surface area contributed by atoms with Gasteiger partial charge in [-0.2, -0.15) is 0 Å². The summed E-state index contributed by atoms with van der Waals surface area (Å²) in [5.41, 5.74) is 6.49. The molecule has 3 nitrogen and oxygen atoms in total. The molecular formula is C26H22FNO2. The van der Waals surface area contributed by atoms with Crippen LogP contribution in [0.25, 0.3) is 22.2 Å². The highest BCUT2D eigenvalue weighted by Gasteiger charge is 2.18. The van der Waals surface area contributed by atoms with Gasteiger partial charge in [-0.3, -0.25) is 0 Å². The Morgan fingerprint density at radius 3 is 2.37 bits per heavy atom. The summed E-state index contributed by atoms with van der Waals surface area (Å²) in [6.45, 7) is 7.87. The molecule has 0 spiro atoms. The molecule has 0 atom stereocenters. The van der Waals surface area contributed by atoms with E-state index in [2.05, 4.69) is 0 Å². The van der Waals surface area contributed by atoms with Gasteiger partial charge >= 0.3 is 5.97 Å². The Bertz CT molecular complexity index is 1280. The van der Waals surface area contributed by atoms with Crippen LogP contribution in [-0.4, -0.2) is 11.0 Å². The van der Waals surface area contributed by atoms with E-state index in [0.717, 1.165) is 38.7 Å². The van der Waals surface area contributed by atoms with Gasteiger partial charge in [0.2, 0.25) is 0 Å². The zero-order valence-electron chi connectivity index (χ0n) is 17.4. The summed E-state index contributed by atoms with van der Waals surface area (Å²) in [6, 6.07) is 17.4. The van der Waals surface area contributed by atoms with Crippen molar-refractivity contribution in [2.75, 3.05) is 0 Å². The van der Waals surface area contributed by atoms with Crippen LogP contribution in [0.5, 0.6) is 5.75 Å². The van der Waals surface area contributed by atoms with Gasteiger partial charge in [0.1, 0.15) is 11.6 Å². The van der Waals surface area contributed by atoms with Crippen molar-refractivity contribution in [1.29, 1.82) is 0 Å². The Hall–Kier alpha value is -3.53. The normalized spacial score (nSPS) is 11.0. The molecule has 0 amide bonds. The first-order valence-electron chi connectivity index (χ1n) is 9.80. The van der Waals surface area contributed by atoms with E-state index in [-0.39, 0.29) is 5.82 Å². The molecule has 4 heteroatoms. The number of hydrogen-bond acceptors (Lipinski definition) is 3. The van der Waals surface area contributed by atoms with Gasteiger partial charge in [-0.1, -0.05) is 23.8 Å². The quantitative estimate of drug-likeness (QED) is 0.292. The maximum Gasteiger partial charge on any atom is 0.344 e. The lowest BCUT2D eigenvalue weighted by Gasteiger charge is -2.14. The zero-order valence-corrected chi connectivity index (χ0v) is 17.4. The van der Waals surface area contributed by atoms with E-state index in [1.54, 1.807) is 24.3 Å². The number of pyridine rings is 1. The van der Waals surface area contributed by atoms with Gasteiger partial charge in [0, 0.05) is 10.9 Å². The molecule has 0 saturated carbocycles. The number of nitrogens with zero attached hydrogens (tertiary/aromatic N) is 1. The summed E-state index contributed by atoms with van der Waals surface area (Å²) in [7, 11) is 0. The SMILES string of the molecule is Cc1cc(C)c2nc(-c3ccc(F)cc3)cc(C(=O)Oc3cccc(C)c3C)c2c1. The largest absolute Gasteiger partial charge is 0.423 e. The van der Waals surface area contributed by atoms with Crippen LogP contribution >= 0.6 is 0 Å². The van der Waals surface area contributed by atoms with Gasteiger partial charge in [-0.15, -0.1) is 0 Å². The molecule has 0 unspecified atom stereocenters. The van der Waals surface area contributed by atoms with Crippen molar-refractivity contribution in [1.82, 2.24) is 4.98 Å². The van der Waals surface area contributed by atoms with E-state index >= 15 is 0 Å². The first-order valence-corrected chi connectivity index (χ1v) is 9.80. The third-order valence-electron chi connectivity index (χ3n) is 5.37. The predicted molar refractivity (Wildman–Crippen MR) is 117 cm³/mol. The molecule has 1 aromatic heterocycles. The zero-order chi connectivity index (χ0) is 21.4. The number of fused-ring (bicyclic) bond motifs is 1. The van der Waals surface area contributed by atoms with Gasteiger partial charge < -0.3 is 4.74 Å². The number of hydrogen-bond donors (Lipinski definition) is 0. The number of rotatable bonds is 3. The molecule has 0 fully saturated rings. The minimum absolute atomic E-state index is 0.319. The van der Waals surface area contributed by atoms with E-state index in [4.69, 9.17) is 9.72 Å². The first kappa shape index (κ1) is 19.8. The van der Waals surface area contributed by atoms with Gasteiger partial charge in [-0.05, 0) is 86.8 Å². The summed E-state index contributed by atoms with van der Waals surface area (Å²) < 4.78 is 19.2. The van der Waals surface area contributed by atoms with Gasteiger partial charge in [0.05, 0.1) is 16.8 Å². The fourth-order valence-corrected chi connectivity index (χ4v) is 3.61. The van der Waals surface area contributed by atoms with E-state index in [1.165, 1.54) is 12.1 Å². The number of ether oxygens (including phenoxy) is 1. The Balaban J connectivity index is 1.89. The van der Waals surface area contributed by atoms with Crippen LogP contribution in [0.15, 0.2) is 60.7 Å². The molecule has 1 heterocycles. The van der Waals surface area contributed by atoms with Crippen molar-refractivity contribution in [2.24, 2.45) is 0 Å². The smallest absolute Gasteiger partial charge is 0.344 e. The Kier molecular flexibility index (Phi) is 5.08. The maximum atomic E-state index is 13.4. The second-order valence-electron chi connectivity index (χ2n) is 7.63. The summed E-state index contributed by atoms with van der Waals surface area (Å²) in [6.07, 6.45) is 0. The molecule has 0 radical (unpaired) electrons. The molecule has 3 aromatic carbocycles. The highest BCUT2D eigenvalue weighted by molar-refractivity contribution is 6.06. The molecule has 0 aliphatic carbocycles. The molecule has 0 saturated heterocycles. The number of benzene rings is 3. The van der Waals surface area contributed by atoms with Crippen LogP contribution in [0.2, 0.25) is 0 Å². The topological polar surface area (TPSA) is 39.2 Å². The number of halogens is 1. The fourth-order valence-electron chi connectivity index (χ4n) is 3.61.